The minimum absolute atomic E-state index is 0.0253. The Morgan fingerprint density at radius 2 is 2.25 bits per heavy atom. The molecule has 2 atom stereocenters. The molecular weight excluding hydrogens is 229 g/mol. The van der Waals surface area contributed by atoms with Crippen molar-refractivity contribution in [1.29, 1.82) is 0 Å². The van der Waals surface area contributed by atoms with Crippen LogP contribution in [0.2, 0.25) is 0 Å². The molecule has 1 unspecified atom stereocenters. The molecule has 0 bridgehead atoms. The van der Waals surface area contributed by atoms with Gasteiger partial charge in [-0.1, -0.05) is 0 Å². The zero-order valence-corrected chi connectivity index (χ0v) is 8.41. The predicted octanol–water partition coefficient (Wildman–Crippen LogP) is -0.904. The summed E-state index contributed by atoms with van der Waals surface area (Å²) in [4.78, 5) is 12.1. The van der Waals surface area contributed by atoms with E-state index in [2.05, 4.69) is 0 Å². The van der Waals surface area contributed by atoms with Gasteiger partial charge >= 0.3 is 6.18 Å². The fourth-order valence-corrected chi connectivity index (χ4v) is 1.39. The van der Waals surface area contributed by atoms with E-state index in [0.717, 1.165) is 0 Å². The number of morpholine rings is 1. The Bertz CT molecular complexity index is 259. The first-order chi connectivity index (χ1) is 7.30. The summed E-state index contributed by atoms with van der Waals surface area (Å²) >= 11 is 0. The van der Waals surface area contributed by atoms with Gasteiger partial charge in [0, 0.05) is 19.6 Å². The molecule has 0 radical (unpaired) electrons. The van der Waals surface area contributed by atoms with Gasteiger partial charge < -0.3 is 15.6 Å². The van der Waals surface area contributed by atoms with E-state index < -0.39 is 30.8 Å². The van der Waals surface area contributed by atoms with Crippen LogP contribution in [0.25, 0.3) is 0 Å². The fourth-order valence-electron chi connectivity index (χ4n) is 1.39. The number of nitrogens with two attached hydrogens (primary N) is 1. The summed E-state index contributed by atoms with van der Waals surface area (Å²) in [5, 5.41) is 8.84. The molecular formula is C8H13F3N2O3. The van der Waals surface area contributed by atoms with E-state index in [4.69, 9.17) is 15.6 Å². The third-order valence-electron chi connectivity index (χ3n) is 2.28. The molecule has 0 aromatic rings. The van der Waals surface area contributed by atoms with E-state index in [1.54, 1.807) is 0 Å². The number of rotatable bonds is 3. The molecule has 1 fully saturated rings. The lowest BCUT2D eigenvalue weighted by atomic mass is 10.2. The summed E-state index contributed by atoms with van der Waals surface area (Å²) in [6, 6.07) is 0. The number of alkyl halides is 3. The molecule has 0 saturated carbocycles. The van der Waals surface area contributed by atoms with Gasteiger partial charge in [0.15, 0.2) is 6.10 Å². The van der Waals surface area contributed by atoms with Gasteiger partial charge in [0.05, 0.1) is 6.61 Å². The number of aliphatic hydroxyl groups is 1. The number of primary amides is 1. The van der Waals surface area contributed by atoms with Crippen LogP contribution in [0, 0.1) is 0 Å². The number of halogens is 3. The number of hydrogen-bond donors (Lipinski definition) is 2. The Kier molecular flexibility index (Phi) is 4.11. The van der Waals surface area contributed by atoms with Crippen molar-refractivity contribution in [2.75, 3.05) is 26.2 Å². The Balaban J connectivity index is 2.46. The van der Waals surface area contributed by atoms with Crippen LogP contribution >= 0.6 is 0 Å². The smallest absolute Gasteiger partial charge is 0.382 e. The second-order valence-corrected chi connectivity index (χ2v) is 3.58. The van der Waals surface area contributed by atoms with Gasteiger partial charge in [0.25, 0.3) is 0 Å². The van der Waals surface area contributed by atoms with Gasteiger partial charge in [-0.15, -0.1) is 0 Å². The summed E-state index contributed by atoms with van der Waals surface area (Å²) in [6.45, 7) is -0.242. The van der Waals surface area contributed by atoms with Gasteiger partial charge in [0.1, 0.15) is 6.10 Å². The van der Waals surface area contributed by atoms with Crippen LogP contribution in [-0.4, -0.2) is 60.5 Å². The Morgan fingerprint density at radius 3 is 2.75 bits per heavy atom. The standard InChI is InChI=1S/C8H13F3N2O3/c9-8(10,11)6(14)4-13-1-2-16-5(3-13)7(12)15/h5-6,14H,1-4H2,(H2,12,15)/t5?,6-/m1/s1. The van der Waals surface area contributed by atoms with Gasteiger partial charge in [-0.3, -0.25) is 9.69 Å². The highest BCUT2D eigenvalue weighted by Gasteiger charge is 2.40. The van der Waals surface area contributed by atoms with Crippen molar-refractivity contribution in [2.45, 2.75) is 18.4 Å². The van der Waals surface area contributed by atoms with Crippen molar-refractivity contribution in [2.24, 2.45) is 5.73 Å². The number of aliphatic hydroxyl groups excluding tert-OH is 1. The highest BCUT2D eigenvalue weighted by molar-refractivity contribution is 5.79. The highest BCUT2D eigenvalue weighted by atomic mass is 19.4. The van der Waals surface area contributed by atoms with Crippen LogP contribution in [0.5, 0.6) is 0 Å². The molecule has 16 heavy (non-hydrogen) atoms. The minimum atomic E-state index is -4.65. The maximum atomic E-state index is 12.1. The SMILES string of the molecule is NC(=O)C1CN(C[C@@H](O)C(F)(F)F)CCO1. The van der Waals surface area contributed by atoms with Gasteiger partial charge in [-0.2, -0.15) is 13.2 Å². The first kappa shape index (κ1) is 13.2. The van der Waals surface area contributed by atoms with E-state index >= 15 is 0 Å². The molecule has 5 nitrogen and oxygen atoms in total. The van der Waals surface area contributed by atoms with Crippen LogP contribution in [-0.2, 0) is 9.53 Å². The molecule has 94 valence electrons. The van der Waals surface area contributed by atoms with Crippen LogP contribution in [0.15, 0.2) is 0 Å². The zero-order valence-electron chi connectivity index (χ0n) is 8.41. The van der Waals surface area contributed by atoms with Crippen molar-refractivity contribution in [3.8, 4) is 0 Å². The van der Waals surface area contributed by atoms with Crippen molar-refractivity contribution >= 4 is 5.91 Å². The number of amides is 1. The predicted molar refractivity (Wildman–Crippen MR) is 47.4 cm³/mol. The van der Waals surface area contributed by atoms with Gasteiger partial charge in [-0.05, 0) is 0 Å². The van der Waals surface area contributed by atoms with E-state index in [0.29, 0.717) is 0 Å². The normalized spacial score (nSPS) is 25.4. The Morgan fingerprint density at radius 1 is 1.62 bits per heavy atom. The third-order valence-corrected chi connectivity index (χ3v) is 2.28. The zero-order chi connectivity index (χ0) is 12.3. The topological polar surface area (TPSA) is 75.8 Å². The summed E-state index contributed by atoms with van der Waals surface area (Å²) in [5.74, 6) is -0.716. The third kappa shape index (κ3) is 3.62. The van der Waals surface area contributed by atoms with Crippen LogP contribution in [0.4, 0.5) is 13.2 Å². The van der Waals surface area contributed by atoms with E-state index in [1.165, 1.54) is 4.90 Å². The van der Waals surface area contributed by atoms with E-state index in [9.17, 15) is 18.0 Å². The average Bonchev–Trinajstić information content (AvgIpc) is 2.16. The molecule has 1 aliphatic heterocycles. The molecule has 1 amide bonds. The average molecular weight is 242 g/mol. The summed E-state index contributed by atoms with van der Waals surface area (Å²) in [5.41, 5.74) is 4.97. The monoisotopic (exact) mass is 242 g/mol. The minimum Gasteiger partial charge on any atom is -0.382 e. The second kappa shape index (κ2) is 4.98. The summed E-state index contributed by atoms with van der Waals surface area (Å²) in [7, 11) is 0. The molecule has 1 rings (SSSR count). The number of nitrogens with zero attached hydrogens (tertiary/aromatic N) is 1. The molecule has 3 N–H and O–H groups in total. The lowest BCUT2D eigenvalue weighted by molar-refractivity contribution is -0.211. The van der Waals surface area contributed by atoms with Crippen LogP contribution in [0.1, 0.15) is 0 Å². The van der Waals surface area contributed by atoms with Crippen LogP contribution < -0.4 is 5.73 Å². The maximum absolute atomic E-state index is 12.1. The lowest BCUT2D eigenvalue weighted by Gasteiger charge is -2.32. The molecule has 0 aromatic carbocycles. The number of carbonyl (C=O) groups is 1. The molecule has 1 heterocycles. The Labute approximate surface area is 90.0 Å². The quantitative estimate of drug-likeness (QED) is 0.672. The Hall–Kier alpha value is -0.860. The molecule has 0 aliphatic carbocycles. The molecule has 1 aliphatic rings. The number of β-amino-alcohol motifs (C(OH)–C–C–N with tert-alkyl or cyclic N) is 1. The fraction of sp³-hybridized carbons (Fsp3) is 0.875. The lowest BCUT2D eigenvalue weighted by Crippen LogP contribution is -2.52. The molecule has 0 aromatic heterocycles. The number of ether oxygens (including phenoxy) is 1. The number of carbonyl (C=O) groups excluding carboxylic acids is 1. The van der Waals surface area contributed by atoms with Crippen LogP contribution in [0.3, 0.4) is 0 Å². The van der Waals surface area contributed by atoms with E-state index in [1.807, 2.05) is 0 Å². The second-order valence-electron chi connectivity index (χ2n) is 3.58. The van der Waals surface area contributed by atoms with E-state index in [-0.39, 0.29) is 19.7 Å². The first-order valence-corrected chi connectivity index (χ1v) is 4.68. The largest absolute Gasteiger partial charge is 0.415 e. The van der Waals surface area contributed by atoms with Gasteiger partial charge in [0.2, 0.25) is 5.91 Å². The molecule has 1 saturated heterocycles. The summed E-state index contributed by atoms with van der Waals surface area (Å²) < 4.78 is 41.1. The summed E-state index contributed by atoms with van der Waals surface area (Å²) in [6.07, 6.45) is -7.98. The molecule has 0 spiro atoms. The first-order valence-electron chi connectivity index (χ1n) is 4.68. The van der Waals surface area contributed by atoms with Crippen molar-refractivity contribution < 1.29 is 27.8 Å². The van der Waals surface area contributed by atoms with Gasteiger partial charge in [-0.25, -0.2) is 0 Å². The highest BCUT2D eigenvalue weighted by Crippen LogP contribution is 2.21. The maximum Gasteiger partial charge on any atom is 0.415 e. The number of hydrogen-bond acceptors (Lipinski definition) is 4. The molecule has 8 heteroatoms. The van der Waals surface area contributed by atoms with Crippen molar-refractivity contribution in [3.63, 3.8) is 0 Å². The van der Waals surface area contributed by atoms with Crippen molar-refractivity contribution in [1.82, 2.24) is 4.90 Å². The van der Waals surface area contributed by atoms with Crippen molar-refractivity contribution in [3.05, 3.63) is 0 Å².